The third kappa shape index (κ3) is 4.67. The number of hydrogen-bond acceptors (Lipinski definition) is 6. The van der Waals surface area contributed by atoms with Gasteiger partial charge in [0, 0.05) is 12.7 Å². The van der Waals surface area contributed by atoms with Gasteiger partial charge >= 0.3 is 6.36 Å². The topological polar surface area (TPSA) is 81.9 Å². The maximum Gasteiger partial charge on any atom is 0.573 e. The first-order chi connectivity index (χ1) is 12.7. The van der Waals surface area contributed by atoms with Gasteiger partial charge in [0.2, 0.25) is 5.91 Å². The van der Waals surface area contributed by atoms with Crippen LogP contribution in [0.15, 0.2) is 41.8 Å². The fourth-order valence-corrected chi connectivity index (χ4v) is 3.12. The summed E-state index contributed by atoms with van der Waals surface area (Å²) in [5, 5.41) is 7.61. The van der Waals surface area contributed by atoms with Crippen molar-refractivity contribution in [2.24, 2.45) is 7.05 Å². The van der Waals surface area contributed by atoms with Crippen LogP contribution in [-0.4, -0.2) is 37.3 Å². The van der Waals surface area contributed by atoms with Crippen molar-refractivity contribution in [3.05, 3.63) is 36.8 Å². The number of halogens is 3. The molecule has 3 aromatic rings. The van der Waals surface area contributed by atoms with Gasteiger partial charge in [0.05, 0.1) is 16.8 Å². The zero-order chi connectivity index (χ0) is 19.6. The lowest BCUT2D eigenvalue weighted by molar-refractivity contribution is -0.274. The fourth-order valence-electron chi connectivity index (χ4n) is 2.24. The van der Waals surface area contributed by atoms with E-state index in [2.05, 4.69) is 25.1 Å². The van der Waals surface area contributed by atoms with Crippen LogP contribution in [0.1, 0.15) is 6.92 Å². The molecule has 0 saturated carbocycles. The van der Waals surface area contributed by atoms with Crippen molar-refractivity contribution >= 4 is 34.4 Å². The summed E-state index contributed by atoms with van der Waals surface area (Å²) in [5.41, 5.74) is 1.01. The van der Waals surface area contributed by atoms with E-state index in [1.54, 1.807) is 24.9 Å². The van der Waals surface area contributed by atoms with Crippen LogP contribution in [0.2, 0.25) is 0 Å². The molecule has 0 spiro atoms. The highest BCUT2D eigenvalue weighted by atomic mass is 32.2. The van der Waals surface area contributed by atoms with Crippen LogP contribution in [0.3, 0.4) is 0 Å². The number of ether oxygens (including phenoxy) is 1. The van der Waals surface area contributed by atoms with Crippen LogP contribution in [-0.2, 0) is 11.8 Å². The Kier molecular flexibility index (Phi) is 5.22. The van der Waals surface area contributed by atoms with E-state index < -0.39 is 11.6 Å². The minimum atomic E-state index is -4.76. The molecule has 0 aliphatic rings. The monoisotopic (exact) mass is 397 g/mol. The third-order valence-electron chi connectivity index (χ3n) is 3.51. The number of benzene rings is 1. The van der Waals surface area contributed by atoms with Gasteiger partial charge in [-0.05, 0) is 31.2 Å². The van der Waals surface area contributed by atoms with Crippen molar-refractivity contribution in [3.63, 3.8) is 0 Å². The summed E-state index contributed by atoms with van der Waals surface area (Å²) in [6.07, 6.45) is -1.73. The number of aryl methyl sites for hydroxylation is 1. The predicted molar refractivity (Wildman–Crippen MR) is 93.4 cm³/mol. The highest BCUT2D eigenvalue weighted by Crippen LogP contribution is 2.28. The zero-order valence-corrected chi connectivity index (χ0v) is 15.0. The van der Waals surface area contributed by atoms with Crippen LogP contribution in [0.25, 0.3) is 11.0 Å². The van der Waals surface area contributed by atoms with E-state index >= 15 is 0 Å². The second kappa shape index (κ2) is 7.43. The summed E-state index contributed by atoms with van der Waals surface area (Å²) in [6, 6.07) is 4.93. The molecule has 3 rings (SSSR count). The van der Waals surface area contributed by atoms with Gasteiger partial charge in [0.25, 0.3) is 0 Å². The van der Waals surface area contributed by atoms with Crippen molar-refractivity contribution in [2.75, 3.05) is 5.32 Å². The van der Waals surface area contributed by atoms with Crippen molar-refractivity contribution < 1.29 is 22.7 Å². The number of anilines is 1. The molecule has 0 radical (unpaired) electrons. The molecular formula is C16H14F3N5O2S. The second-order valence-electron chi connectivity index (χ2n) is 5.51. The Labute approximate surface area is 155 Å². The largest absolute Gasteiger partial charge is 0.573 e. The maximum absolute atomic E-state index is 12.4. The second-order valence-corrected chi connectivity index (χ2v) is 6.84. The Bertz CT molecular complexity index is 959. The first kappa shape index (κ1) is 19.0. The number of nitrogens with one attached hydrogen (secondary N) is 1. The van der Waals surface area contributed by atoms with Crippen LogP contribution in [0.5, 0.6) is 5.75 Å². The van der Waals surface area contributed by atoms with Gasteiger partial charge in [0.1, 0.15) is 17.1 Å². The summed E-state index contributed by atoms with van der Waals surface area (Å²) in [5.74, 6) is -0.678. The highest BCUT2D eigenvalue weighted by Gasteiger charge is 2.31. The molecule has 0 fully saturated rings. The molecular weight excluding hydrogens is 383 g/mol. The Morgan fingerprint density at radius 1 is 1.26 bits per heavy atom. The smallest absolute Gasteiger partial charge is 0.406 e. The lowest BCUT2D eigenvalue weighted by Crippen LogP contribution is -2.22. The summed E-state index contributed by atoms with van der Waals surface area (Å²) in [4.78, 5) is 20.7. The first-order valence-corrected chi connectivity index (χ1v) is 8.57. The molecule has 11 heteroatoms. The number of aromatic nitrogens is 4. The van der Waals surface area contributed by atoms with E-state index in [1.165, 1.54) is 30.2 Å². The Hall–Kier alpha value is -2.82. The standard InChI is InChI=1S/C16H14F3N5O2S/c1-9(27-15-12-7-22-24(2)13(12)20-8-21-15)14(25)23-10-3-5-11(6-4-10)26-16(17,18)19/h3-9H,1-2H3,(H,23,25). The van der Waals surface area contributed by atoms with E-state index in [0.29, 0.717) is 16.4 Å². The van der Waals surface area contributed by atoms with Crippen molar-refractivity contribution in [3.8, 4) is 5.75 Å². The molecule has 1 N–H and O–H groups in total. The molecule has 0 aliphatic heterocycles. The number of thioether (sulfide) groups is 1. The van der Waals surface area contributed by atoms with E-state index in [0.717, 1.165) is 17.5 Å². The van der Waals surface area contributed by atoms with E-state index in [-0.39, 0.29) is 11.7 Å². The molecule has 7 nitrogen and oxygen atoms in total. The summed E-state index contributed by atoms with van der Waals surface area (Å²) >= 11 is 1.23. The third-order valence-corrected chi connectivity index (χ3v) is 4.62. The molecule has 0 aliphatic carbocycles. The molecule has 2 aromatic heterocycles. The minimum absolute atomic E-state index is 0.319. The number of rotatable bonds is 5. The lowest BCUT2D eigenvalue weighted by atomic mass is 10.3. The van der Waals surface area contributed by atoms with Crippen LogP contribution < -0.4 is 10.1 Å². The molecule has 2 heterocycles. The molecule has 1 aromatic carbocycles. The van der Waals surface area contributed by atoms with E-state index in [1.807, 2.05) is 0 Å². The fraction of sp³-hybridized carbons (Fsp3) is 0.250. The summed E-state index contributed by atoms with van der Waals surface area (Å²) in [6.45, 7) is 1.70. The average molecular weight is 397 g/mol. The molecule has 0 saturated heterocycles. The average Bonchev–Trinajstić information content (AvgIpc) is 2.98. The maximum atomic E-state index is 12.4. The molecule has 1 atom stereocenters. The first-order valence-electron chi connectivity index (χ1n) is 7.69. The van der Waals surface area contributed by atoms with E-state index in [9.17, 15) is 18.0 Å². The molecule has 1 amide bonds. The number of alkyl halides is 3. The number of carbonyl (C=O) groups excluding carboxylic acids is 1. The number of carbonyl (C=O) groups is 1. The molecule has 0 bridgehead atoms. The van der Waals surface area contributed by atoms with Crippen LogP contribution >= 0.6 is 11.8 Å². The Balaban J connectivity index is 1.65. The van der Waals surface area contributed by atoms with Gasteiger partial charge in [0.15, 0.2) is 5.65 Å². The summed E-state index contributed by atoms with van der Waals surface area (Å²) in [7, 11) is 1.76. The van der Waals surface area contributed by atoms with Gasteiger partial charge in [-0.15, -0.1) is 13.2 Å². The van der Waals surface area contributed by atoms with Crippen molar-refractivity contribution in [1.82, 2.24) is 19.7 Å². The quantitative estimate of drug-likeness (QED) is 0.525. The number of hydrogen-bond donors (Lipinski definition) is 1. The Morgan fingerprint density at radius 2 is 1.96 bits per heavy atom. The summed E-state index contributed by atoms with van der Waals surface area (Å²) < 4.78 is 41.9. The minimum Gasteiger partial charge on any atom is -0.406 e. The molecule has 1 unspecified atom stereocenters. The van der Waals surface area contributed by atoms with Crippen molar-refractivity contribution in [2.45, 2.75) is 23.6 Å². The van der Waals surface area contributed by atoms with E-state index in [4.69, 9.17) is 0 Å². The predicted octanol–water partition coefficient (Wildman–Crippen LogP) is 3.38. The van der Waals surface area contributed by atoms with Gasteiger partial charge in [-0.25, -0.2) is 9.97 Å². The van der Waals surface area contributed by atoms with Gasteiger partial charge in [-0.3, -0.25) is 9.48 Å². The van der Waals surface area contributed by atoms with Crippen LogP contribution in [0.4, 0.5) is 18.9 Å². The normalized spacial score (nSPS) is 12.8. The molecule has 142 valence electrons. The van der Waals surface area contributed by atoms with Gasteiger partial charge in [-0.1, -0.05) is 11.8 Å². The molecule has 27 heavy (non-hydrogen) atoms. The highest BCUT2D eigenvalue weighted by molar-refractivity contribution is 8.00. The number of amides is 1. The van der Waals surface area contributed by atoms with Gasteiger partial charge < -0.3 is 10.1 Å². The van der Waals surface area contributed by atoms with Crippen LogP contribution in [0, 0.1) is 0 Å². The van der Waals surface area contributed by atoms with Crippen molar-refractivity contribution in [1.29, 1.82) is 0 Å². The SMILES string of the molecule is CC(Sc1ncnc2c1cnn2C)C(=O)Nc1ccc(OC(F)(F)F)cc1. The number of fused-ring (bicyclic) bond motifs is 1. The Morgan fingerprint density at radius 3 is 2.63 bits per heavy atom. The lowest BCUT2D eigenvalue weighted by Gasteiger charge is -2.13. The van der Waals surface area contributed by atoms with Gasteiger partial charge in [-0.2, -0.15) is 5.10 Å². The number of nitrogens with zero attached hydrogens (tertiary/aromatic N) is 4. The zero-order valence-electron chi connectivity index (χ0n) is 14.2.